The third-order valence-corrected chi connectivity index (χ3v) is 4.70. The molecule has 7 nitrogen and oxygen atoms in total. The molecule has 0 saturated carbocycles. The van der Waals surface area contributed by atoms with E-state index in [0.29, 0.717) is 17.2 Å². The van der Waals surface area contributed by atoms with Crippen molar-refractivity contribution in [2.45, 2.75) is 13.0 Å². The minimum atomic E-state index is -0.418. The predicted molar refractivity (Wildman–Crippen MR) is 101 cm³/mol. The first-order valence-corrected chi connectivity index (χ1v) is 8.80. The van der Waals surface area contributed by atoms with Crippen LogP contribution in [0.5, 0.6) is 0 Å². The monoisotopic (exact) mass is 410 g/mol. The smallest absolute Gasteiger partial charge is 0.255 e. The Balaban J connectivity index is 1.77. The summed E-state index contributed by atoms with van der Waals surface area (Å²) in [5.74, 6) is 0.307. The molecule has 2 aromatic carbocycles. The Morgan fingerprint density at radius 1 is 1.15 bits per heavy atom. The summed E-state index contributed by atoms with van der Waals surface area (Å²) in [4.78, 5) is 13.1. The Kier molecular flexibility index (Phi) is 4.26. The summed E-state index contributed by atoms with van der Waals surface area (Å²) in [7, 11) is 0. The van der Waals surface area contributed by atoms with E-state index in [-0.39, 0.29) is 5.91 Å². The van der Waals surface area contributed by atoms with Crippen LogP contribution in [0.25, 0.3) is 0 Å². The van der Waals surface area contributed by atoms with Gasteiger partial charge in [0.25, 0.3) is 5.91 Å². The molecule has 0 spiro atoms. The summed E-state index contributed by atoms with van der Waals surface area (Å²) in [6.45, 7) is 1.85. The molecule has 1 aliphatic rings. The first-order valence-electron chi connectivity index (χ1n) is 8.01. The number of amides is 1. The number of para-hydroxylation sites is 1. The molecule has 3 aromatic rings. The number of hydrogen-bond donors (Lipinski definition) is 2. The van der Waals surface area contributed by atoms with E-state index in [4.69, 9.17) is 0 Å². The van der Waals surface area contributed by atoms with Gasteiger partial charge in [0.2, 0.25) is 5.95 Å². The van der Waals surface area contributed by atoms with Gasteiger partial charge in [-0.2, -0.15) is 4.68 Å². The second kappa shape index (κ2) is 6.72. The van der Waals surface area contributed by atoms with E-state index in [9.17, 15) is 4.79 Å². The number of halogens is 1. The number of hydrogen-bond acceptors (Lipinski definition) is 5. The van der Waals surface area contributed by atoms with Crippen molar-refractivity contribution in [3.8, 4) is 0 Å². The highest BCUT2D eigenvalue weighted by Gasteiger charge is 2.33. The van der Waals surface area contributed by atoms with E-state index >= 15 is 0 Å². The Morgan fingerprint density at radius 2 is 1.88 bits per heavy atom. The molecule has 26 heavy (non-hydrogen) atoms. The molecule has 0 unspecified atom stereocenters. The molecule has 0 radical (unpaired) electrons. The summed E-state index contributed by atoms with van der Waals surface area (Å²) in [6.07, 6.45) is 0. The Hall–Kier alpha value is -3.00. The van der Waals surface area contributed by atoms with Crippen LogP contribution in [0.3, 0.4) is 0 Å². The summed E-state index contributed by atoms with van der Waals surface area (Å²) < 4.78 is 2.58. The van der Waals surface area contributed by atoms with Gasteiger partial charge in [0.05, 0.1) is 5.57 Å². The van der Waals surface area contributed by atoms with Gasteiger partial charge in [-0.05, 0) is 47.2 Å². The van der Waals surface area contributed by atoms with E-state index < -0.39 is 6.04 Å². The lowest BCUT2D eigenvalue weighted by molar-refractivity contribution is -0.113. The Morgan fingerprint density at radius 3 is 2.62 bits per heavy atom. The van der Waals surface area contributed by atoms with Gasteiger partial charge in [-0.15, -0.1) is 0 Å². The van der Waals surface area contributed by atoms with Gasteiger partial charge in [0.1, 0.15) is 6.04 Å². The van der Waals surface area contributed by atoms with Crippen LogP contribution >= 0.6 is 15.9 Å². The van der Waals surface area contributed by atoms with Gasteiger partial charge in [-0.1, -0.05) is 51.4 Å². The maximum Gasteiger partial charge on any atom is 0.255 e. The molecule has 2 heterocycles. The molecule has 0 aliphatic carbocycles. The topological polar surface area (TPSA) is 84.7 Å². The first-order chi connectivity index (χ1) is 12.6. The number of rotatable bonds is 3. The number of fused-ring (bicyclic) bond motifs is 1. The molecule has 1 amide bonds. The number of carbonyl (C=O) groups excluding carboxylic acids is 1. The average Bonchev–Trinajstić information content (AvgIpc) is 3.10. The van der Waals surface area contributed by atoms with Crippen molar-refractivity contribution >= 4 is 33.5 Å². The largest absolute Gasteiger partial charge is 0.326 e. The SMILES string of the molecule is CC1=C(C(=O)Nc2ccccc2)[C@@H](c2ccc(Br)cc2)n2nnnc2N1. The first kappa shape index (κ1) is 16.5. The van der Waals surface area contributed by atoms with Crippen LogP contribution in [-0.2, 0) is 4.79 Å². The molecule has 0 bridgehead atoms. The number of nitrogens with zero attached hydrogens (tertiary/aromatic N) is 4. The number of anilines is 2. The number of carbonyl (C=O) groups is 1. The fraction of sp³-hybridized carbons (Fsp3) is 0.111. The molecule has 1 aromatic heterocycles. The van der Waals surface area contributed by atoms with E-state index in [0.717, 1.165) is 15.7 Å². The summed E-state index contributed by atoms with van der Waals surface area (Å²) in [6, 6.07) is 16.7. The molecular weight excluding hydrogens is 396 g/mol. The van der Waals surface area contributed by atoms with Crippen molar-refractivity contribution in [2.75, 3.05) is 10.6 Å². The summed E-state index contributed by atoms with van der Waals surface area (Å²) in [5.41, 5.74) is 2.93. The number of allylic oxidation sites excluding steroid dienone is 1. The van der Waals surface area contributed by atoms with Crippen molar-refractivity contribution in [2.24, 2.45) is 0 Å². The summed E-state index contributed by atoms with van der Waals surface area (Å²) in [5, 5.41) is 17.9. The van der Waals surface area contributed by atoms with Crippen LogP contribution in [0, 0.1) is 0 Å². The maximum absolute atomic E-state index is 13.1. The molecule has 130 valence electrons. The fourth-order valence-corrected chi connectivity index (χ4v) is 3.24. The molecule has 0 fully saturated rings. The van der Waals surface area contributed by atoms with Crippen LogP contribution < -0.4 is 10.6 Å². The van der Waals surface area contributed by atoms with Gasteiger partial charge in [-0.25, -0.2) is 0 Å². The van der Waals surface area contributed by atoms with Crippen LogP contribution in [0.4, 0.5) is 11.6 Å². The molecule has 1 atom stereocenters. The van der Waals surface area contributed by atoms with Crippen LogP contribution in [0.1, 0.15) is 18.5 Å². The van der Waals surface area contributed by atoms with Crippen LogP contribution in [0.15, 0.2) is 70.3 Å². The predicted octanol–water partition coefficient (Wildman–Crippen LogP) is 3.36. The fourth-order valence-electron chi connectivity index (χ4n) is 2.98. The van der Waals surface area contributed by atoms with Gasteiger partial charge in [-0.3, -0.25) is 4.79 Å². The second-order valence-electron chi connectivity index (χ2n) is 5.88. The highest BCUT2D eigenvalue weighted by molar-refractivity contribution is 9.10. The molecule has 8 heteroatoms. The van der Waals surface area contributed by atoms with Crippen molar-refractivity contribution < 1.29 is 4.79 Å². The molecule has 1 aliphatic heterocycles. The average molecular weight is 411 g/mol. The minimum Gasteiger partial charge on any atom is -0.326 e. The third kappa shape index (κ3) is 2.99. The quantitative estimate of drug-likeness (QED) is 0.691. The lowest BCUT2D eigenvalue weighted by Crippen LogP contribution is -2.31. The van der Waals surface area contributed by atoms with Gasteiger partial charge in [0, 0.05) is 15.9 Å². The second-order valence-corrected chi connectivity index (χ2v) is 6.80. The van der Waals surface area contributed by atoms with Crippen LogP contribution in [-0.4, -0.2) is 26.1 Å². The van der Waals surface area contributed by atoms with E-state index in [1.165, 1.54) is 0 Å². The third-order valence-electron chi connectivity index (χ3n) is 4.18. The number of tetrazole rings is 1. The maximum atomic E-state index is 13.1. The van der Waals surface area contributed by atoms with E-state index in [1.807, 2.05) is 61.5 Å². The van der Waals surface area contributed by atoms with Crippen molar-refractivity contribution in [1.82, 2.24) is 20.2 Å². The summed E-state index contributed by atoms with van der Waals surface area (Å²) >= 11 is 3.44. The zero-order valence-electron chi connectivity index (χ0n) is 13.8. The van der Waals surface area contributed by atoms with Gasteiger partial charge in [0.15, 0.2) is 0 Å². The van der Waals surface area contributed by atoms with Gasteiger partial charge >= 0.3 is 0 Å². The van der Waals surface area contributed by atoms with Crippen LogP contribution in [0.2, 0.25) is 0 Å². The van der Waals surface area contributed by atoms with E-state index in [1.54, 1.807) is 4.68 Å². The number of nitrogens with one attached hydrogen (secondary N) is 2. The highest BCUT2D eigenvalue weighted by atomic mass is 79.9. The Bertz CT molecular complexity index is 980. The highest BCUT2D eigenvalue weighted by Crippen LogP contribution is 2.35. The Labute approximate surface area is 158 Å². The van der Waals surface area contributed by atoms with Gasteiger partial charge < -0.3 is 10.6 Å². The van der Waals surface area contributed by atoms with Crippen molar-refractivity contribution in [1.29, 1.82) is 0 Å². The number of aromatic nitrogens is 4. The lowest BCUT2D eigenvalue weighted by atomic mass is 9.95. The zero-order valence-corrected chi connectivity index (χ0v) is 15.4. The molecule has 4 rings (SSSR count). The molecule has 0 saturated heterocycles. The zero-order chi connectivity index (χ0) is 18.1. The normalized spacial score (nSPS) is 16.0. The molecule has 2 N–H and O–H groups in total. The standard InChI is InChI=1S/C18H15BrN6O/c1-11-15(17(26)21-14-5-3-2-4-6-14)16(12-7-9-13(19)10-8-12)25-18(20-11)22-23-24-25/h2-10,16H,1H3,(H,21,26)(H,20,22,24)/t16-/m1/s1. The lowest BCUT2D eigenvalue weighted by Gasteiger charge is -2.28. The van der Waals surface area contributed by atoms with E-state index in [2.05, 4.69) is 42.1 Å². The molecular formula is C18H15BrN6O. The minimum absolute atomic E-state index is 0.199. The van der Waals surface area contributed by atoms with Crippen molar-refractivity contribution in [3.63, 3.8) is 0 Å². The number of benzene rings is 2. The van der Waals surface area contributed by atoms with Crippen molar-refractivity contribution in [3.05, 3.63) is 75.9 Å².